The third-order valence-electron chi connectivity index (χ3n) is 3.49. The average Bonchev–Trinajstić information content (AvgIpc) is 2.61. The molecule has 0 saturated carbocycles. The molecule has 0 aliphatic carbocycles. The maximum Gasteiger partial charge on any atom is 0.255 e. The van der Waals surface area contributed by atoms with Crippen molar-refractivity contribution in [1.29, 1.82) is 0 Å². The highest BCUT2D eigenvalue weighted by Gasteiger charge is 2.07. The first-order valence-corrected chi connectivity index (χ1v) is 7.71. The van der Waals surface area contributed by atoms with Gasteiger partial charge in [0.2, 0.25) is 0 Å². The third-order valence-corrected chi connectivity index (χ3v) is 3.49. The maximum atomic E-state index is 12.3. The molecule has 3 rings (SSSR count). The molecular formula is C20H18N2O2. The second-order valence-electron chi connectivity index (χ2n) is 5.46. The second kappa shape index (κ2) is 7.42. The second-order valence-corrected chi connectivity index (χ2v) is 5.46. The van der Waals surface area contributed by atoms with Crippen molar-refractivity contribution < 1.29 is 9.53 Å². The lowest BCUT2D eigenvalue weighted by Gasteiger charge is -2.09. The Balaban J connectivity index is 1.65. The molecular weight excluding hydrogens is 300 g/mol. The number of carbonyl (C=O) groups excluding carboxylic acids is 1. The summed E-state index contributed by atoms with van der Waals surface area (Å²) in [5, 5.41) is 2.89. The summed E-state index contributed by atoms with van der Waals surface area (Å²) in [4.78, 5) is 16.5. The molecule has 0 unspecified atom stereocenters. The minimum Gasteiger partial charge on any atom is -0.487 e. The quantitative estimate of drug-likeness (QED) is 0.766. The molecule has 0 atom stereocenters. The lowest BCUT2D eigenvalue weighted by Crippen LogP contribution is -2.12. The summed E-state index contributed by atoms with van der Waals surface area (Å²) in [7, 11) is 0. The van der Waals surface area contributed by atoms with E-state index in [4.69, 9.17) is 4.74 Å². The van der Waals surface area contributed by atoms with Gasteiger partial charge in [-0.15, -0.1) is 0 Å². The van der Waals surface area contributed by atoms with E-state index in [1.807, 2.05) is 61.5 Å². The van der Waals surface area contributed by atoms with Crippen LogP contribution < -0.4 is 10.1 Å². The smallest absolute Gasteiger partial charge is 0.255 e. The van der Waals surface area contributed by atoms with Crippen LogP contribution in [0, 0.1) is 6.92 Å². The first-order chi connectivity index (χ1) is 11.7. The lowest BCUT2D eigenvalue weighted by atomic mass is 10.1. The number of rotatable bonds is 5. The van der Waals surface area contributed by atoms with Crippen molar-refractivity contribution in [3.05, 3.63) is 89.7 Å². The number of nitrogens with zero attached hydrogens (tertiary/aromatic N) is 1. The summed E-state index contributed by atoms with van der Waals surface area (Å²) >= 11 is 0. The predicted molar refractivity (Wildman–Crippen MR) is 94.1 cm³/mol. The highest BCUT2D eigenvalue weighted by molar-refractivity contribution is 6.04. The fourth-order valence-electron chi connectivity index (χ4n) is 2.29. The molecule has 120 valence electrons. The molecule has 0 spiro atoms. The molecule has 1 amide bonds. The minimum atomic E-state index is -0.138. The van der Waals surface area contributed by atoms with Gasteiger partial charge in [-0.2, -0.15) is 0 Å². The minimum absolute atomic E-state index is 0.138. The number of nitrogens with one attached hydrogen (secondary N) is 1. The molecule has 24 heavy (non-hydrogen) atoms. The Bertz CT molecular complexity index is 832. The van der Waals surface area contributed by atoms with Crippen molar-refractivity contribution in [2.75, 3.05) is 5.32 Å². The number of hydrogen-bond acceptors (Lipinski definition) is 3. The van der Waals surface area contributed by atoms with Gasteiger partial charge >= 0.3 is 0 Å². The monoisotopic (exact) mass is 318 g/mol. The molecule has 1 N–H and O–H groups in total. The highest BCUT2D eigenvalue weighted by Crippen LogP contribution is 2.19. The van der Waals surface area contributed by atoms with E-state index in [1.54, 1.807) is 18.3 Å². The molecule has 2 aromatic carbocycles. The molecule has 0 aliphatic rings. The number of pyridine rings is 1. The summed E-state index contributed by atoms with van der Waals surface area (Å²) in [6.45, 7) is 2.35. The highest BCUT2D eigenvalue weighted by atomic mass is 16.5. The van der Waals surface area contributed by atoms with E-state index in [0.717, 1.165) is 11.3 Å². The number of carbonyl (C=O) groups is 1. The number of benzene rings is 2. The van der Waals surface area contributed by atoms with Crippen LogP contribution in [0.2, 0.25) is 0 Å². The fourth-order valence-corrected chi connectivity index (χ4v) is 2.29. The van der Waals surface area contributed by atoms with E-state index in [2.05, 4.69) is 10.3 Å². The number of aromatic nitrogens is 1. The van der Waals surface area contributed by atoms with Crippen LogP contribution in [0.25, 0.3) is 0 Å². The molecule has 0 radical (unpaired) electrons. The van der Waals surface area contributed by atoms with E-state index in [1.165, 1.54) is 0 Å². The molecule has 4 heteroatoms. The van der Waals surface area contributed by atoms with Crippen LogP contribution in [0.15, 0.2) is 72.9 Å². The van der Waals surface area contributed by atoms with Crippen molar-refractivity contribution in [2.45, 2.75) is 13.5 Å². The van der Waals surface area contributed by atoms with E-state index < -0.39 is 0 Å². The normalized spacial score (nSPS) is 10.2. The number of aryl methyl sites for hydroxylation is 1. The molecule has 0 fully saturated rings. The van der Waals surface area contributed by atoms with Crippen LogP contribution >= 0.6 is 0 Å². The van der Waals surface area contributed by atoms with Crippen molar-refractivity contribution in [2.24, 2.45) is 0 Å². The zero-order valence-electron chi connectivity index (χ0n) is 13.4. The molecule has 0 saturated heterocycles. The number of amides is 1. The van der Waals surface area contributed by atoms with Crippen molar-refractivity contribution in [3.63, 3.8) is 0 Å². The Labute approximate surface area is 141 Å². The first-order valence-electron chi connectivity index (χ1n) is 7.71. The summed E-state index contributed by atoms with van der Waals surface area (Å²) in [5.41, 5.74) is 3.23. The van der Waals surface area contributed by atoms with Gasteiger partial charge < -0.3 is 10.1 Å². The van der Waals surface area contributed by atoms with Crippen LogP contribution in [0.4, 0.5) is 5.69 Å². The van der Waals surface area contributed by atoms with E-state index in [-0.39, 0.29) is 5.91 Å². The molecule has 1 aromatic heterocycles. The van der Waals surface area contributed by atoms with Gasteiger partial charge in [-0.3, -0.25) is 9.78 Å². The zero-order valence-corrected chi connectivity index (χ0v) is 13.4. The summed E-state index contributed by atoms with van der Waals surface area (Å²) < 4.78 is 5.73. The first kappa shape index (κ1) is 15.7. The Morgan fingerprint density at radius 3 is 2.71 bits per heavy atom. The summed E-state index contributed by atoms with van der Waals surface area (Å²) in [6, 6.07) is 20.5. The van der Waals surface area contributed by atoms with Gasteiger partial charge in [-0.1, -0.05) is 29.8 Å². The topological polar surface area (TPSA) is 51.2 Å². The van der Waals surface area contributed by atoms with Crippen LogP contribution in [0.5, 0.6) is 5.75 Å². The van der Waals surface area contributed by atoms with E-state index in [0.29, 0.717) is 23.6 Å². The van der Waals surface area contributed by atoms with Gasteiger partial charge in [0.1, 0.15) is 12.4 Å². The number of anilines is 1. The van der Waals surface area contributed by atoms with Gasteiger partial charge in [0.15, 0.2) is 0 Å². The Morgan fingerprint density at radius 1 is 1.04 bits per heavy atom. The lowest BCUT2D eigenvalue weighted by molar-refractivity contribution is 0.102. The van der Waals surface area contributed by atoms with Crippen LogP contribution in [-0.2, 0) is 6.61 Å². The van der Waals surface area contributed by atoms with E-state index >= 15 is 0 Å². The third kappa shape index (κ3) is 4.20. The van der Waals surface area contributed by atoms with Gasteiger partial charge in [0, 0.05) is 23.5 Å². The van der Waals surface area contributed by atoms with Crippen LogP contribution in [0.3, 0.4) is 0 Å². The van der Waals surface area contributed by atoms with Gasteiger partial charge in [-0.05, 0) is 43.3 Å². The molecule has 0 aliphatic heterocycles. The van der Waals surface area contributed by atoms with Crippen molar-refractivity contribution in [1.82, 2.24) is 4.98 Å². The number of ether oxygens (including phenoxy) is 1. The SMILES string of the molecule is Cc1cccc(C(=O)Nc2cccc(OCc3ccccn3)c2)c1. The predicted octanol–water partition coefficient (Wildman–Crippen LogP) is 4.22. The Morgan fingerprint density at radius 2 is 1.92 bits per heavy atom. The Kier molecular flexibility index (Phi) is 4.87. The average molecular weight is 318 g/mol. The fraction of sp³-hybridized carbons (Fsp3) is 0.100. The van der Waals surface area contributed by atoms with Crippen LogP contribution in [-0.4, -0.2) is 10.9 Å². The van der Waals surface area contributed by atoms with Gasteiger partial charge in [-0.25, -0.2) is 0 Å². The molecule has 0 bridgehead atoms. The maximum absolute atomic E-state index is 12.3. The molecule has 4 nitrogen and oxygen atoms in total. The van der Waals surface area contributed by atoms with Crippen molar-refractivity contribution >= 4 is 11.6 Å². The van der Waals surface area contributed by atoms with Crippen LogP contribution in [0.1, 0.15) is 21.6 Å². The summed E-state index contributed by atoms with van der Waals surface area (Å²) in [6.07, 6.45) is 1.73. The van der Waals surface area contributed by atoms with Gasteiger partial charge in [0.25, 0.3) is 5.91 Å². The largest absolute Gasteiger partial charge is 0.487 e. The summed E-state index contributed by atoms with van der Waals surface area (Å²) in [5.74, 6) is 0.545. The standard InChI is InChI=1S/C20H18N2O2/c1-15-6-4-7-16(12-15)20(23)22-17-9-5-10-19(13-17)24-14-18-8-2-3-11-21-18/h2-13H,14H2,1H3,(H,22,23). The van der Waals surface area contributed by atoms with Crippen molar-refractivity contribution in [3.8, 4) is 5.75 Å². The Hall–Kier alpha value is -3.14. The van der Waals surface area contributed by atoms with Gasteiger partial charge in [0.05, 0.1) is 5.69 Å². The molecule has 3 aromatic rings. The zero-order chi connectivity index (χ0) is 16.8. The van der Waals surface area contributed by atoms with E-state index in [9.17, 15) is 4.79 Å². The number of hydrogen-bond donors (Lipinski definition) is 1. The molecule has 1 heterocycles.